The largest absolute Gasteiger partial charge is 0.475 e. The number of likely N-dealkylation sites (tertiary alicyclic amines) is 2. The third-order valence-electron chi connectivity index (χ3n) is 8.81. The zero-order valence-electron chi connectivity index (χ0n) is 25.0. The van der Waals surface area contributed by atoms with Crippen molar-refractivity contribution in [2.24, 2.45) is 5.41 Å². The highest BCUT2D eigenvalue weighted by Crippen LogP contribution is 2.38. The lowest BCUT2D eigenvalue weighted by molar-refractivity contribution is -0.146. The van der Waals surface area contributed by atoms with E-state index in [1.54, 1.807) is 17.9 Å². The van der Waals surface area contributed by atoms with Crippen molar-refractivity contribution in [1.29, 1.82) is 5.26 Å². The number of para-hydroxylation sites is 1. The predicted octanol–water partition coefficient (Wildman–Crippen LogP) is 3.89. The topological polar surface area (TPSA) is 139 Å². The van der Waals surface area contributed by atoms with Gasteiger partial charge in [0.05, 0.1) is 24.3 Å². The molecule has 0 bridgehead atoms. The number of carbonyl (C=O) groups is 2. The van der Waals surface area contributed by atoms with E-state index in [2.05, 4.69) is 11.4 Å². The fourth-order valence-corrected chi connectivity index (χ4v) is 6.36. The molecule has 43 heavy (non-hydrogen) atoms. The molecule has 2 saturated heterocycles. The number of furan rings is 1. The number of piperidine rings is 2. The number of nitriles is 1. The number of alkyl halides is 2. The van der Waals surface area contributed by atoms with Crippen LogP contribution >= 0.6 is 0 Å². The standard InChI is InChI=1S/C30H41BF2N4O6/c1-28(2,36-14-11-30(32,33)12-15-36)19-29(3,20-34)26(38)37-13-7-6-8-22(37)18-43-27(39)35-25(31(40)41)16-21-17-42-24-10-5-4-9-23(21)24/h4-5,9-10,17,22,25,40-41H,6-8,11-16,18-19H2,1-3H3,(H,35,39)/t22-,25+,29?/m1/s1. The molecule has 2 aliphatic rings. The Labute approximate surface area is 251 Å². The number of amides is 2. The van der Waals surface area contributed by atoms with Gasteiger partial charge in [-0.2, -0.15) is 5.26 Å². The van der Waals surface area contributed by atoms with Gasteiger partial charge in [0.2, 0.25) is 5.91 Å². The molecule has 0 spiro atoms. The first-order valence-electron chi connectivity index (χ1n) is 14.8. The number of hydrogen-bond acceptors (Lipinski definition) is 8. The SMILES string of the molecule is CC(C#N)(CC(C)(C)N1CCC(F)(F)CC1)C(=O)N1CCCC[C@@H]1COC(=O)N[C@@H](Cc1coc2ccccc12)B(O)O. The van der Waals surface area contributed by atoms with Gasteiger partial charge in [-0.05, 0) is 64.5 Å². The Morgan fingerprint density at radius 2 is 1.91 bits per heavy atom. The van der Waals surface area contributed by atoms with Crippen molar-refractivity contribution in [1.82, 2.24) is 15.1 Å². The lowest BCUT2D eigenvalue weighted by Crippen LogP contribution is -2.56. The first-order chi connectivity index (χ1) is 20.2. The number of alkyl carbamates (subject to hydrolysis) is 1. The van der Waals surface area contributed by atoms with Gasteiger partial charge in [-0.1, -0.05) is 18.2 Å². The first-order valence-corrected chi connectivity index (χ1v) is 14.8. The lowest BCUT2D eigenvalue weighted by atomic mass is 9.76. The fraction of sp³-hybridized carbons (Fsp3) is 0.633. The van der Waals surface area contributed by atoms with Crippen LogP contribution in [0.3, 0.4) is 0 Å². The van der Waals surface area contributed by atoms with Gasteiger partial charge in [-0.25, -0.2) is 13.6 Å². The van der Waals surface area contributed by atoms with Crippen LogP contribution in [0.1, 0.15) is 64.9 Å². The van der Waals surface area contributed by atoms with Crippen LogP contribution in [0.5, 0.6) is 0 Å². The smallest absolute Gasteiger partial charge is 0.464 e. The molecular weight excluding hydrogens is 561 g/mol. The molecule has 2 aromatic rings. The average Bonchev–Trinajstić information content (AvgIpc) is 3.37. The van der Waals surface area contributed by atoms with Gasteiger partial charge >= 0.3 is 13.2 Å². The molecule has 1 aromatic heterocycles. The number of nitrogens with zero attached hydrogens (tertiary/aromatic N) is 3. The minimum atomic E-state index is -2.70. The number of carbonyl (C=O) groups excluding carboxylic acids is 2. The molecule has 3 atom stereocenters. The molecular formula is C30H41BF2N4O6. The molecule has 2 aliphatic heterocycles. The summed E-state index contributed by atoms with van der Waals surface area (Å²) < 4.78 is 38.5. The van der Waals surface area contributed by atoms with Crippen LogP contribution in [0.4, 0.5) is 13.6 Å². The van der Waals surface area contributed by atoms with E-state index in [0.717, 1.165) is 18.2 Å². The summed E-state index contributed by atoms with van der Waals surface area (Å²) in [5.74, 6) is -4.15. The molecule has 0 saturated carbocycles. The van der Waals surface area contributed by atoms with E-state index in [-0.39, 0.29) is 51.3 Å². The van der Waals surface area contributed by atoms with Gasteiger partial charge < -0.3 is 29.4 Å². The van der Waals surface area contributed by atoms with E-state index in [0.29, 0.717) is 24.1 Å². The molecule has 3 N–H and O–H groups in total. The minimum absolute atomic E-state index is 0.0861. The maximum Gasteiger partial charge on any atom is 0.475 e. The summed E-state index contributed by atoms with van der Waals surface area (Å²) in [4.78, 5) is 30.1. The highest BCUT2D eigenvalue weighted by molar-refractivity contribution is 6.43. The zero-order chi connectivity index (χ0) is 31.4. The summed E-state index contributed by atoms with van der Waals surface area (Å²) in [5, 5.41) is 33.3. The quantitative estimate of drug-likeness (QED) is 0.348. The molecule has 3 heterocycles. The van der Waals surface area contributed by atoms with E-state index < -0.39 is 42.1 Å². The van der Waals surface area contributed by atoms with Gasteiger partial charge in [-0.15, -0.1) is 0 Å². The van der Waals surface area contributed by atoms with E-state index in [4.69, 9.17) is 9.15 Å². The van der Waals surface area contributed by atoms with Crippen molar-refractivity contribution >= 4 is 30.1 Å². The molecule has 2 fully saturated rings. The Morgan fingerprint density at radius 3 is 2.58 bits per heavy atom. The highest BCUT2D eigenvalue weighted by atomic mass is 19.3. The maximum absolute atomic E-state index is 13.9. The maximum atomic E-state index is 13.9. The van der Waals surface area contributed by atoms with E-state index in [9.17, 15) is 33.7 Å². The molecule has 0 aliphatic carbocycles. The number of nitrogens with one attached hydrogen (secondary N) is 1. The lowest BCUT2D eigenvalue weighted by Gasteiger charge is -2.46. The molecule has 0 radical (unpaired) electrons. The Kier molecular flexibility index (Phi) is 10.0. The Balaban J connectivity index is 1.37. The molecule has 13 heteroatoms. The van der Waals surface area contributed by atoms with Gasteiger partial charge in [0, 0.05) is 43.4 Å². The summed E-state index contributed by atoms with van der Waals surface area (Å²) in [5.41, 5.74) is -0.756. The Bertz CT molecular complexity index is 1320. The van der Waals surface area contributed by atoms with E-state index in [1.807, 2.05) is 36.9 Å². The summed E-state index contributed by atoms with van der Waals surface area (Å²) in [6.45, 7) is 5.97. The van der Waals surface area contributed by atoms with Gasteiger partial charge in [0.15, 0.2) is 0 Å². The summed E-state index contributed by atoms with van der Waals surface area (Å²) >= 11 is 0. The minimum Gasteiger partial charge on any atom is -0.464 e. The van der Waals surface area contributed by atoms with Crippen molar-refractivity contribution < 1.29 is 37.6 Å². The van der Waals surface area contributed by atoms with Gasteiger partial charge in [0.1, 0.15) is 17.6 Å². The predicted molar refractivity (Wildman–Crippen MR) is 156 cm³/mol. The van der Waals surface area contributed by atoms with Crippen molar-refractivity contribution in [3.63, 3.8) is 0 Å². The van der Waals surface area contributed by atoms with Crippen LogP contribution in [-0.4, -0.2) is 88.7 Å². The van der Waals surface area contributed by atoms with E-state index in [1.165, 1.54) is 6.26 Å². The summed E-state index contributed by atoms with van der Waals surface area (Å²) in [7, 11) is -1.86. The second kappa shape index (κ2) is 13.2. The summed E-state index contributed by atoms with van der Waals surface area (Å²) in [6.07, 6.45) is 2.48. The summed E-state index contributed by atoms with van der Waals surface area (Å²) in [6, 6.07) is 9.00. The average molecular weight is 602 g/mol. The Morgan fingerprint density at radius 1 is 1.21 bits per heavy atom. The van der Waals surface area contributed by atoms with Crippen molar-refractivity contribution in [3.05, 3.63) is 36.1 Å². The first kappa shape index (κ1) is 32.7. The second-order valence-electron chi connectivity index (χ2n) is 12.6. The fourth-order valence-electron chi connectivity index (χ4n) is 6.36. The molecule has 1 aromatic carbocycles. The zero-order valence-corrected chi connectivity index (χ0v) is 25.0. The van der Waals surface area contributed by atoms with Crippen molar-refractivity contribution in [2.45, 2.75) is 89.2 Å². The normalized spacial score (nSPS) is 21.4. The molecule has 234 valence electrons. The number of benzene rings is 1. The Hall–Kier alpha value is -3.21. The monoisotopic (exact) mass is 602 g/mol. The number of halogens is 2. The number of ether oxygens (including phenoxy) is 1. The second-order valence-corrected chi connectivity index (χ2v) is 12.6. The van der Waals surface area contributed by atoms with Gasteiger partial charge in [0.25, 0.3) is 5.92 Å². The van der Waals surface area contributed by atoms with Crippen LogP contribution < -0.4 is 5.32 Å². The molecule has 2 amide bonds. The van der Waals surface area contributed by atoms with Crippen LogP contribution in [-0.2, 0) is 16.0 Å². The van der Waals surface area contributed by atoms with Crippen molar-refractivity contribution in [2.75, 3.05) is 26.2 Å². The number of hydrogen-bond donors (Lipinski definition) is 3. The number of rotatable bonds is 10. The van der Waals surface area contributed by atoms with E-state index >= 15 is 0 Å². The van der Waals surface area contributed by atoms with Crippen LogP contribution in [0, 0.1) is 16.7 Å². The third-order valence-corrected chi connectivity index (χ3v) is 8.81. The molecule has 4 rings (SSSR count). The highest BCUT2D eigenvalue weighted by Gasteiger charge is 2.47. The van der Waals surface area contributed by atoms with Crippen LogP contribution in [0.15, 0.2) is 34.9 Å². The van der Waals surface area contributed by atoms with Crippen molar-refractivity contribution in [3.8, 4) is 6.07 Å². The number of fused-ring (bicyclic) bond motifs is 1. The molecule has 10 nitrogen and oxygen atoms in total. The third kappa shape index (κ3) is 7.85. The molecule has 1 unspecified atom stereocenters. The van der Waals surface area contributed by atoms with Crippen LogP contribution in [0.25, 0.3) is 11.0 Å². The van der Waals surface area contributed by atoms with Gasteiger partial charge in [-0.3, -0.25) is 9.69 Å². The van der Waals surface area contributed by atoms with Crippen LogP contribution in [0.2, 0.25) is 0 Å².